The lowest BCUT2D eigenvalue weighted by atomic mass is 9.97. The summed E-state index contributed by atoms with van der Waals surface area (Å²) in [7, 11) is 0. The fourth-order valence-electron chi connectivity index (χ4n) is 5.35. The van der Waals surface area contributed by atoms with E-state index < -0.39 is 0 Å². The maximum atomic E-state index is 13.0. The van der Waals surface area contributed by atoms with Gasteiger partial charge in [0.2, 0.25) is 0 Å². The van der Waals surface area contributed by atoms with Gasteiger partial charge in [-0.1, -0.05) is 36.5 Å². The summed E-state index contributed by atoms with van der Waals surface area (Å²) >= 11 is 0. The average Bonchev–Trinajstić information content (AvgIpc) is 3.42. The Kier molecular flexibility index (Phi) is 8.80. The lowest BCUT2D eigenvalue weighted by Crippen LogP contribution is -2.37. The molecule has 0 saturated carbocycles. The summed E-state index contributed by atoms with van der Waals surface area (Å²) in [5.41, 5.74) is 17.3. The topological polar surface area (TPSA) is 105 Å². The zero-order valence-electron chi connectivity index (χ0n) is 22.9. The number of benzene rings is 3. The summed E-state index contributed by atoms with van der Waals surface area (Å²) in [6.07, 6.45) is 4.62. The molecule has 1 atom stereocenters. The van der Waals surface area contributed by atoms with Gasteiger partial charge >= 0.3 is 0 Å². The molecule has 5 N–H and O–H groups in total. The third-order valence-corrected chi connectivity index (χ3v) is 7.63. The first-order valence-electron chi connectivity index (χ1n) is 14.1. The predicted molar refractivity (Wildman–Crippen MR) is 160 cm³/mol. The number of nitrogen functional groups attached to an aromatic ring is 1. The van der Waals surface area contributed by atoms with Crippen LogP contribution >= 0.6 is 0 Å². The van der Waals surface area contributed by atoms with Gasteiger partial charge in [0.15, 0.2) is 0 Å². The molecule has 3 aromatic carbocycles. The van der Waals surface area contributed by atoms with Crippen molar-refractivity contribution in [3.8, 4) is 23.0 Å². The van der Waals surface area contributed by atoms with Crippen LogP contribution in [-0.4, -0.2) is 66.9 Å². The van der Waals surface area contributed by atoms with Crippen molar-refractivity contribution in [2.24, 2.45) is 5.73 Å². The molecule has 0 bridgehead atoms. The number of piperidine rings is 1. The molecule has 2 saturated heterocycles. The fraction of sp³-hybridized carbons (Fsp3) is 0.333. The highest BCUT2D eigenvalue weighted by Gasteiger charge is 2.24. The minimum atomic E-state index is -0.0695. The molecule has 2 amide bonds. The molecule has 2 heterocycles. The first-order chi connectivity index (χ1) is 19.5. The second kappa shape index (κ2) is 12.8. The van der Waals surface area contributed by atoms with Crippen LogP contribution in [0.25, 0.3) is 11.1 Å². The van der Waals surface area contributed by atoms with Crippen molar-refractivity contribution in [1.29, 1.82) is 0 Å². The Morgan fingerprint density at radius 2 is 1.70 bits per heavy atom. The molecule has 206 valence electrons. The lowest BCUT2D eigenvalue weighted by Gasteiger charge is -2.26. The van der Waals surface area contributed by atoms with Gasteiger partial charge in [-0.25, -0.2) is 0 Å². The van der Waals surface area contributed by atoms with Crippen LogP contribution in [0.1, 0.15) is 57.5 Å². The minimum absolute atomic E-state index is 0.00602. The number of hydrogen-bond acceptors (Lipinski definition) is 5. The number of hydrogen-bond donors (Lipinski definition) is 3. The van der Waals surface area contributed by atoms with Gasteiger partial charge in [-0.05, 0) is 92.0 Å². The molecule has 0 aromatic heterocycles. The molecule has 1 unspecified atom stereocenters. The van der Waals surface area contributed by atoms with Crippen molar-refractivity contribution >= 4 is 17.5 Å². The quantitative estimate of drug-likeness (QED) is 0.330. The Morgan fingerprint density at radius 1 is 0.900 bits per heavy atom. The number of carbonyl (C=O) groups excluding carboxylic acids is 2. The van der Waals surface area contributed by atoms with Crippen LogP contribution in [0.4, 0.5) is 5.69 Å². The van der Waals surface area contributed by atoms with Crippen LogP contribution in [0.15, 0.2) is 66.7 Å². The minimum Gasteiger partial charge on any atom is -0.399 e. The van der Waals surface area contributed by atoms with Gasteiger partial charge in [0.05, 0.1) is 0 Å². The van der Waals surface area contributed by atoms with Gasteiger partial charge in [-0.15, -0.1) is 0 Å². The monoisotopic (exact) mass is 535 g/mol. The van der Waals surface area contributed by atoms with Crippen LogP contribution in [0, 0.1) is 11.8 Å². The van der Waals surface area contributed by atoms with E-state index >= 15 is 0 Å². The Morgan fingerprint density at radius 3 is 2.45 bits per heavy atom. The van der Waals surface area contributed by atoms with Crippen LogP contribution in [-0.2, 0) is 0 Å². The van der Waals surface area contributed by atoms with Gasteiger partial charge in [0.25, 0.3) is 11.8 Å². The standard InChI is InChI=1S/C33H37N5O2/c34-29-13-14-31(26-5-4-6-28(21-26)33(40)38-19-15-30(35)23-38)27(22-29)12-9-24-7-10-25(11-8-24)32(39)36-16-20-37-17-2-1-3-18-37/h4-8,10-11,13-14,21-22,30H,1-3,15-20,23,34-35H2,(H,36,39). The van der Waals surface area contributed by atoms with Crippen molar-refractivity contribution in [3.63, 3.8) is 0 Å². The van der Waals surface area contributed by atoms with E-state index in [0.717, 1.165) is 48.3 Å². The second-order valence-corrected chi connectivity index (χ2v) is 10.7. The van der Waals surface area contributed by atoms with E-state index in [4.69, 9.17) is 11.5 Å². The summed E-state index contributed by atoms with van der Waals surface area (Å²) in [6, 6.07) is 20.6. The van der Waals surface area contributed by atoms with Crippen LogP contribution in [0.5, 0.6) is 0 Å². The summed E-state index contributed by atoms with van der Waals surface area (Å²) in [6.45, 7) is 5.05. The van der Waals surface area contributed by atoms with E-state index in [-0.39, 0.29) is 17.9 Å². The maximum absolute atomic E-state index is 13.0. The van der Waals surface area contributed by atoms with E-state index in [0.29, 0.717) is 36.4 Å². The molecule has 5 rings (SSSR count). The van der Waals surface area contributed by atoms with Crippen molar-refractivity contribution in [2.45, 2.75) is 31.7 Å². The van der Waals surface area contributed by atoms with E-state index in [2.05, 4.69) is 22.1 Å². The number of rotatable bonds is 6. The summed E-state index contributed by atoms with van der Waals surface area (Å²) < 4.78 is 0. The number of anilines is 1. The lowest BCUT2D eigenvalue weighted by molar-refractivity contribution is 0.0790. The molecule has 0 spiro atoms. The summed E-state index contributed by atoms with van der Waals surface area (Å²) in [5, 5.41) is 3.02. The molecule has 40 heavy (non-hydrogen) atoms. The Hall–Kier alpha value is -4.12. The van der Waals surface area contributed by atoms with Crippen molar-refractivity contribution < 1.29 is 9.59 Å². The highest BCUT2D eigenvalue weighted by atomic mass is 16.2. The van der Waals surface area contributed by atoms with Crippen LogP contribution in [0.2, 0.25) is 0 Å². The molecular formula is C33H37N5O2. The van der Waals surface area contributed by atoms with Gasteiger partial charge in [-0.3, -0.25) is 9.59 Å². The summed E-state index contributed by atoms with van der Waals surface area (Å²) in [4.78, 5) is 29.8. The third kappa shape index (κ3) is 6.90. The average molecular weight is 536 g/mol. The predicted octanol–water partition coefficient (Wildman–Crippen LogP) is 3.72. The fourth-order valence-corrected chi connectivity index (χ4v) is 5.35. The van der Waals surface area contributed by atoms with Crippen LogP contribution < -0.4 is 16.8 Å². The molecule has 2 fully saturated rings. The normalized spacial score (nSPS) is 17.2. The first-order valence-corrected chi connectivity index (χ1v) is 14.1. The number of nitrogens with one attached hydrogen (secondary N) is 1. The largest absolute Gasteiger partial charge is 0.399 e. The summed E-state index contributed by atoms with van der Waals surface area (Å²) in [5.74, 6) is 6.38. The molecule has 2 aliphatic rings. The SMILES string of the molecule is Nc1ccc(-c2cccc(C(=O)N3CCC(N)C3)c2)c(C#Cc2ccc(C(=O)NCCN3CCCCC3)cc2)c1. The molecule has 2 aliphatic heterocycles. The number of nitrogens with zero attached hydrogens (tertiary/aromatic N) is 2. The molecule has 3 aromatic rings. The number of nitrogens with two attached hydrogens (primary N) is 2. The first kappa shape index (κ1) is 27.4. The molecule has 7 nitrogen and oxygen atoms in total. The van der Waals surface area contributed by atoms with Crippen molar-refractivity contribution in [1.82, 2.24) is 15.1 Å². The van der Waals surface area contributed by atoms with Crippen LogP contribution in [0.3, 0.4) is 0 Å². The molecule has 0 radical (unpaired) electrons. The molecule has 7 heteroatoms. The van der Waals surface area contributed by atoms with Crippen molar-refractivity contribution in [3.05, 3.63) is 89.0 Å². The highest BCUT2D eigenvalue weighted by Crippen LogP contribution is 2.27. The van der Waals surface area contributed by atoms with Crippen molar-refractivity contribution in [2.75, 3.05) is 45.0 Å². The number of amides is 2. The Labute approximate surface area is 236 Å². The smallest absolute Gasteiger partial charge is 0.253 e. The second-order valence-electron chi connectivity index (χ2n) is 10.7. The Bertz CT molecular complexity index is 1420. The molecular weight excluding hydrogens is 498 g/mol. The molecule has 0 aliphatic carbocycles. The van der Waals surface area contributed by atoms with E-state index in [1.165, 1.54) is 19.3 Å². The highest BCUT2D eigenvalue weighted by molar-refractivity contribution is 5.96. The van der Waals surface area contributed by atoms with E-state index in [1.54, 1.807) is 12.1 Å². The Balaban J connectivity index is 1.27. The van der Waals surface area contributed by atoms with E-state index in [9.17, 15) is 9.59 Å². The zero-order chi connectivity index (χ0) is 27.9. The number of likely N-dealkylation sites (tertiary alicyclic amines) is 2. The maximum Gasteiger partial charge on any atom is 0.253 e. The number of carbonyl (C=O) groups is 2. The zero-order valence-corrected chi connectivity index (χ0v) is 22.9. The van der Waals surface area contributed by atoms with Gasteiger partial charge in [-0.2, -0.15) is 0 Å². The third-order valence-electron chi connectivity index (χ3n) is 7.63. The van der Waals surface area contributed by atoms with E-state index in [1.807, 2.05) is 59.5 Å². The van der Waals surface area contributed by atoms with Gasteiger partial charge in [0, 0.05) is 60.2 Å². The van der Waals surface area contributed by atoms with Gasteiger partial charge < -0.3 is 26.6 Å². The van der Waals surface area contributed by atoms with Gasteiger partial charge in [0.1, 0.15) is 0 Å².